The van der Waals surface area contributed by atoms with Crippen molar-refractivity contribution in [3.8, 4) is 5.75 Å². The second-order valence-electron chi connectivity index (χ2n) is 7.08. The molecule has 1 aromatic rings. The molecule has 2 unspecified atom stereocenters. The van der Waals surface area contributed by atoms with Crippen LogP contribution in [0.2, 0.25) is 0 Å². The molecule has 0 aliphatic carbocycles. The molecule has 3 saturated heterocycles. The van der Waals surface area contributed by atoms with E-state index in [-0.39, 0.29) is 24.7 Å². The fraction of sp³-hybridized carbons (Fsp3) is 0.632. The van der Waals surface area contributed by atoms with Crippen LogP contribution in [0.4, 0.5) is 0 Å². The lowest BCUT2D eigenvalue weighted by molar-refractivity contribution is -0.153. The molecule has 1 amide bonds. The molecule has 0 N–H and O–H groups in total. The molecule has 3 aliphatic heterocycles. The fourth-order valence-electron chi connectivity index (χ4n) is 4.18. The van der Waals surface area contributed by atoms with Crippen LogP contribution in [0.15, 0.2) is 24.3 Å². The number of morpholine rings is 1. The normalized spacial score (nSPS) is 28.2. The molecule has 0 saturated carbocycles. The van der Waals surface area contributed by atoms with E-state index in [1.54, 1.807) is 7.11 Å². The number of likely N-dealkylation sites (tertiary alicyclic amines) is 1. The number of ether oxygens (including phenoxy) is 3. The van der Waals surface area contributed by atoms with Gasteiger partial charge in [0.05, 0.1) is 19.3 Å². The van der Waals surface area contributed by atoms with Gasteiger partial charge in [-0.1, -0.05) is 12.1 Å². The number of benzene rings is 1. The van der Waals surface area contributed by atoms with Crippen molar-refractivity contribution in [2.24, 2.45) is 0 Å². The van der Waals surface area contributed by atoms with Crippen LogP contribution in [-0.2, 0) is 20.8 Å². The van der Waals surface area contributed by atoms with E-state index in [1.165, 1.54) is 0 Å². The summed E-state index contributed by atoms with van der Waals surface area (Å²) < 4.78 is 16.6. The lowest BCUT2D eigenvalue weighted by atomic mass is 10.1. The van der Waals surface area contributed by atoms with Gasteiger partial charge in [0, 0.05) is 38.9 Å². The summed E-state index contributed by atoms with van der Waals surface area (Å²) in [5.41, 5.74) is 1.12. The van der Waals surface area contributed by atoms with Crippen molar-refractivity contribution in [3.05, 3.63) is 29.8 Å². The summed E-state index contributed by atoms with van der Waals surface area (Å²) in [4.78, 5) is 17.0. The molecule has 0 radical (unpaired) electrons. The van der Waals surface area contributed by atoms with E-state index in [0.29, 0.717) is 12.6 Å². The van der Waals surface area contributed by atoms with Crippen molar-refractivity contribution in [3.63, 3.8) is 0 Å². The minimum atomic E-state index is 0.0888. The first-order chi connectivity index (χ1) is 12.2. The molecule has 1 aromatic carbocycles. The first-order valence-corrected chi connectivity index (χ1v) is 9.10. The SMILES string of the molecule is COc1ccc(CN2C(=O)COC3CN(C4CCOCC4)CC32)cc1. The van der Waals surface area contributed by atoms with E-state index in [1.807, 2.05) is 29.2 Å². The maximum absolute atomic E-state index is 12.5. The van der Waals surface area contributed by atoms with Gasteiger partial charge in [-0.25, -0.2) is 0 Å². The maximum Gasteiger partial charge on any atom is 0.249 e. The Balaban J connectivity index is 1.45. The number of nitrogens with zero attached hydrogens (tertiary/aromatic N) is 2. The first kappa shape index (κ1) is 16.8. The number of fused-ring (bicyclic) bond motifs is 1. The van der Waals surface area contributed by atoms with Crippen LogP contribution in [0, 0.1) is 0 Å². The summed E-state index contributed by atoms with van der Waals surface area (Å²) in [5, 5.41) is 0. The Kier molecular flexibility index (Phi) is 4.92. The van der Waals surface area contributed by atoms with Gasteiger partial charge in [-0.3, -0.25) is 9.69 Å². The number of hydrogen-bond donors (Lipinski definition) is 0. The zero-order chi connectivity index (χ0) is 17.2. The predicted octanol–water partition coefficient (Wildman–Crippen LogP) is 1.29. The number of methoxy groups -OCH3 is 1. The molecule has 3 aliphatic rings. The maximum atomic E-state index is 12.5. The lowest BCUT2D eigenvalue weighted by Gasteiger charge is -2.37. The summed E-state index contributed by atoms with van der Waals surface area (Å²) >= 11 is 0. The van der Waals surface area contributed by atoms with Gasteiger partial charge in [-0.15, -0.1) is 0 Å². The van der Waals surface area contributed by atoms with Crippen LogP contribution in [0.1, 0.15) is 18.4 Å². The molecule has 0 spiro atoms. The minimum Gasteiger partial charge on any atom is -0.497 e. The van der Waals surface area contributed by atoms with Gasteiger partial charge in [-0.2, -0.15) is 0 Å². The molecule has 3 heterocycles. The van der Waals surface area contributed by atoms with Crippen LogP contribution < -0.4 is 4.74 Å². The average Bonchev–Trinajstić information content (AvgIpc) is 3.10. The smallest absolute Gasteiger partial charge is 0.249 e. The number of carbonyl (C=O) groups is 1. The Hall–Kier alpha value is -1.63. The molecule has 6 nitrogen and oxygen atoms in total. The highest BCUT2D eigenvalue weighted by Crippen LogP contribution is 2.29. The van der Waals surface area contributed by atoms with Crippen molar-refractivity contribution in [2.75, 3.05) is 40.0 Å². The number of hydrogen-bond acceptors (Lipinski definition) is 5. The summed E-state index contributed by atoms with van der Waals surface area (Å²) in [6.07, 6.45) is 2.27. The third kappa shape index (κ3) is 3.52. The molecule has 0 aromatic heterocycles. The zero-order valence-corrected chi connectivity index (χ0v) is 14.7. The number of carbonyl (C=O) groups excluding carboxylic acids is 1. The first-order valence-electron chi connectivity index (χ1n) is 9.10. The van der Waals surface area contributed by atoms with Crippen molar-refractivity contribution < 1.29 is 19.0 Å². The fourth-order valence-corrected chi connectivity index (χ4v) is 4.18. The highest BCUT2D eigenvalue weighted by molar-refractivity contribution is 5.78. The van der Waals surface area contributed by atoms with Crippen LogP contribution >= 0.6 is 0 Å². The highest BCUT2D eigenvalue weighted by atomic mass is 16.5. The van der Waals surface area contributed by atoms with E-state index >= 15 is 0 Å². The van der Waals surface area contributed by atoms with E-state index in [4.69, 9.17) is 14.2 Å². The van der Waals surface area contributed by atoms with Gasteiger partial charge < -0.3 is 19.1 Å². The monoisotopic (exact) mass is 346 g/mol. The Labute approximate surface area is 148 Å². The van der Waals surface area contributed by atoms with Gasteiger partial charge >= 0.3 is 0 Å². The molecular weight excluding hydrogens is 320 g/mol. The van der Waals surface area contributed by atoms with Crippen LogP contribution in [0.3, 0.4) is 0 Å². The van der Waals surface area contributed by atoms with Gasteiger partial charge in [0.2, 0.25) is 5.91 Å². The molecule has 0 bridgehead atoms. The summed E-state index contributed by atoms with van der Waals surface area (Å²) in [7, 11) is 1.66. The third-order valence-corrected chi connectivity index (χ3v) is 5.63. The molecule has 3 fully saturated rings. The van der Waals surface area contributed by atoms with E-state index in [2.05, 4.69) is 4.90 Å². The highest BCUT2D eigenvalue weighted by Gasteiger charge is 2.44. The van der Waals surface area contributed by atoms with Crippen LogP contribution in [-0.4, -0.2) is 73.9 Å². The molecular formula is C19H26N2O4. The minimum absolute atomic E-state index is 0.0888. The second kappa shape index (κ2) is 7.32. The van der Waals surface area contributed by atoms with Crippen molar-refractivity contribution in [1.29, 1.82) is 0 Å². The van der Waals surface area contributed by atoms with Gasteiger partial charge in [0.15, 0.2) is 0 Å². The third-order valence-electron chi connectivity index (χ3n) is 5.63. The predicted molar refractivity (Wildman–Crippen MR) is 92.5 cm³/mol. The largest absolute Gasteiger partial charge is 0.497 e. The molecule has 4 rings (SSSR count). The molecule has 25 heavy (non-hydrogen) atoms. The van der Waals surface area contributed by atoms with E-state index < -0.39 is 0 Å². The summed E-state index contributed by atoms with van der Waals surface area (Å²) in [6, 6.07) is 8.65. The van der Waals surface area contributed by atoms with Gasteiger partial charge in [-0.05, 0) is 30.5 Å². The topological polar surface area (TPSA) is 51.2 Å². The second-order valence-corrected chi connectivity index (χ2v) is 7.08. The Morgan fingerprint density at radius 2 is 1.92 bits per heavy atom. The molecule has 136 valence electrons. The van der Waals surface area contributed by atoms with Crippen LogP contribution in [0.5, 0.6) is 5.75 Å². The van der Waals surface area contributed by atoms with E-state index in [0.717, 1.165) is 50.5 Å². The summed E-state index contributed by atoms with van der Waals surface area (Å²) in [5.74, 6) is 0.924. The van der Waals surface area contributed by atoms with Crippen molar-refractivity contribution >= 4 is 5.91 Å². The number of rotatable bonds is 4. The molecule has 6 heteroatoms. The van der Waals surface area contributed by atoms with Gasteiger partial charge in [0.25, 0.3) is 0 Å². The van der Waals surface area contributed by atoms with Gasteiger partial charge in [0.1, 0.15) is 12.4 Å². The van der Waals surface area contributed by atoms with Crippen LogP contribution in [0.25, 0.3) is 0 Å². The summed E-state index contributed by atoms with van der Waals surface area (Å²) in [6.45, 7) is 4.32. The van der Waals surface area contributed by atoms with E-state index in [9.17, 15) is 4.79 Å². The quantitative estimate of drug-likeness (QED) is 0.822. The van der Waals surface area contributed by atoms with Crippen molar-refractivity contribution in [1.82, 2.24) is 9.80 Å². The standard InChI is InChI=1S/C19H26N2O4/c1-23-16-4-2-14(3-5-16)10-21-17-11-20(15-6-8-24-9-7-15)12-18(17)25-13-19(21)22/h2-5,15,17-18H,6-13H2,1H3. The van der Waals surface area contributed by atoms with Crippen molar-refractivity contribution in [2.45, 2.75) is 37.6 Å². The molecule has 2 atom stereocenters. The lowest BCUT2D eigenvalue weighted by Crippen LogP contribution is -2.53. The Bertz CT molecular complexity index is 600. The number of amides is 1. The Morgan fingerprint density at radius 1 is 1.16 bits per heavy atom. The Morgan fingerprint density at radius 3 is 2.64 bits per heavy atom. The average molecular weight is 346 g/mol. The zero-order valence-electron chi connectivity index (χ0n) is 14.7.